The summed E-state index contributed by atoms with van der Waals surface area (Å²) in [7, 11) is 0. The SMILES string of the molecule is CC1CCN(C(=N)n2ccnc(N)c2=N)C(C)C1. The summed E-state index contributed by atoms with van der Waals surface area (Å²) >= 11 is 0. The van der Waals surface area contributed by atoms with Gasteiger partial charge in [0, 0.05) is 25.0 Å². The van der Waals surface area contributed by atoms with Crippen molar-refractivity contribution in [1.82, 2.24) is 14.5 Å². The van der Waals surface area contributed by atoms with E-state index >= 15 is 0 Å². The molecule has 0 bridgehead atoms. The summed E-state index contributed by atoms with van der Waals surface area (Å²) in [4.78, 5) is 5.88. The molecule has 0 aromatic carbocycles. The predicted octanol–water partition coefficient (Wildman–Crippen LogP) is 0.848. The predicted molar refractivity (Wildman–Crippen MR) is 70.2 cm³/mol. The number of piperidine rings is 1. The van der Waals surface area contributed by atoms with Crippen LogP contribution in [0, 0.1) is 16.7 Å². The van der Waals surface area contributed by atoms with Crippen LogP contribution >= 0.6 is 0 Å². The van der Waals surface area contributed by atoms with Crippen LogP contribution in [0.15, 0.2) is 12.4 Å². The van der Waals surface area contributed by atoms with Gasteiger partial charge in [-0.05, 0) is 25.7 Å². The Hall–Kier alpha value is -1.85. The summed E-state index contributed by atoms with van der Waals surface area (Å²) in [6.07, 6.45) is 5.31. The van der Waals surface area contributed by atoms with E-state index in [4.69, 9.17) is 16.6 Å². The van der Waals surface area contributed by atoms with Crippen molar-refractivity contribution in [3.8, 4) is 0 Å². The minimum atomic E-state index is 0.0771. The van der Waals surface area contributed by atoms with Crippen LogP contribution < -0.4 is 11.2 Å². The van der Waals surface area contributed by atoms with Gasteiger partial charge < -0.3 is 10.6 Å². The zero-order valence-corrected chi connectivity index (χ0v) is 10.8. The fourth-order valence-corrected chi connectivity index (χ4v) is 2.48. The zero-order valence-electron chi connectivity index (χ0n) is 10.8. The molecule has 1 aromatic heterocycles. The van der Waals surface area contributed by atoms with Gasteiger partial charge in [0.05, 0.1) is 0 Å². The number of aromatic nitrogens is 2. The van der Waals surface area contributed by atoms with Crippen molar-refractivity contribution in [3.05, 3.63) is 17.9 Å². The molecule has 6 nitrogen and oxygen atoms in total. The van der Waals surface area contributed by atoms with Crippen LogP contribution in [0.2, 0.25) is 0 Å². The Morgan fingerprint density at radius 1 is 1.50 bits per heavy atom. The molecule has 2 unspecified atom stereocenters. The first kappa shape index (κ1) is 12.6. The monoisotopic (exact) mass is 248 g/mol. The highest BCUT2D eigenvalue weighted by molar-refractivity contribution is 5.79. The van der Waals surface area contributed by atoms with Gasteiger partial charge in [-0.2, -0.15) is 0 Å². The van der Waals surface area contributed by atoms with Crippen molar-refractivity contribution in [2.75, 3.05) is 12.3 Å². The van der Waals surface area contributed by atoms with Crippen LogP contribution in [0.3, 0.4) is 0 Å². The first-order valence-corrected chi connectivity index (χ1v) is 6.24. The molecular formula is C12H20N6. The van der Waals surface area contributed by atoms with Gasteiger partial charge in [-0.25, -0.2) is 4.98 Å². The van der Waals surface area contributed by atoms with Crippen LogP contribution in [0.25, 0.3) is 0 Å². The minimum absolute atomic E-state index is 0.0771. The number of nitrogens with zero attached hydrogens (tertiary/aromatic N) is 3. The molecule has 1 aromatic rings. The fourth-order valence-electron chi connectivity index (χ4n) is 2.48. The molecule has 2 atom stereocenters. The lowest BCUT2D eigenvalue weighted by atomic mass is 9.94. The maximum absolute atomic E-state index is 8.24. The van der Waals surface area contributed by atoms with Crippen molar-refractivity contribution < 1.29 is 0 Å². The Kier molecular flexibility index (Phi) is 3.36. The molecule has 0 amide bonds. The highest BCUT2D eigenvalue weighted by atomic mass is 15.3. The molecular weight excluding hydrogens is 228 g/mol. The summed E-state index contributed by atoms with van der Waals surface area (Å²) in [5.41, 5.74) is 5.69. The second-order valence-corrected chi connectivity index (χ2v) is 5.03. The summed E-state index contributed by atoms with van der Waals surface area (Å²) in [6, 6.07) is 0.322. The maximum Gasteiger partial charge on any atom is 0.204 e. The molecule has 2 heterocycles. The molecule has 6 heteroatoms. The van der Waals surface area contributed by atoms with E-state index in [2.05, 4.69) is 18.8 Å². The third kappa shape index (κ3) is 2.23. The van der Waals surface area contributed by atoms with Gasteiger partial charge >= 0.3 is 0 Å². The highest BCUT2D eigenvalue weighted by Crippen LogP contribution is 2.22. The quantitative estimate of drug-likeness (QED) is 0.469. The molecule has 1 fully saturated rings. The van der Waals surface area contributed by atoms with E-state index in [0.29, 0.717) is 17.9 Å². The number of nitrogen functional groups attached to an aromatic ring is 1. The second kappa shape index (κ2) is 4.80. The lowest BCUT2D eigenvalue weighted by Crippen LogP contribution is -2.49. The third-order valence-corrected chi connectivity index (χ3v) is 3.55. The lowest BCUT2D eigenvalue weighted by molar-refractivity contribution is 0.203. The van der Waals surface area contributed by atoms with Gasteiger partial charge in [0.1, 0.15) is 0 Å². The Balaban J connectivity index is 2.26. The van der Waals surface area contributed by atoms with Gasteiger partial charge in [-0.15, -0.1) is 0 Å². The van der Waals surface area contributed by atoms with E-state index in [1.165, 1.54) is 10.8 Å². The smallest absolute Gasteiger partial charge is 0.204 e. The molecule has 18 heavy (non-hydrogen) atoms. The number of nitrogens with two attached hydrogens (primary N) is 1. The van der Waals surface area contributed by atoms with Crippen LogP contribution in [0.5, 0.6) is 0 Å². The van der Waals surface area contributed by atoms with Crippen LogP contribution in [-0.2, 0) is 0 Å². The van der Waals surface area contributed by atoms with E-state index in [9.17, 15) is 0 Å². The first-order chi connectivity index (χ1) is 8.50. The Morgan fingerprint density at radius 2 is 2.22 bits per heavy atom. The van der Waals surface area contributed by atoms with Gasteiger partial charge in [0.2, 0.25) is 5.96 Å². The number of hydrogen-bond donors (Lipinski definition) is 3. The van der Waals surface area contributed by atoms with Gasteiger partial charge in [-0.1, -0.05) is 6.92 Å². The van der Waals surface area contributed by atoms with Gasteiger partial charge in [-0.3, -0.25) is 15.4 Å². The largest absolute Gasteiger partial charge is 0.381 e. The molecule has 0 saturated carbocycles. The van der Waals surface area contributed by atoms with E-state index in [0.717, 1.165) is 19.4 Å². The number of anilines is 1. The zero-order chi connectivity index (χ0) is 13.3. The minimum Gasteiger partial charge on any atom is -0.381 e. The average molecular weight is 248 g/mol. The van der Waals surface area contributed by atoms with Crippen molar-refractivity contribution in [2.45, 2.75) is 32.7 Å². The van der Waals surface area contributed by atoms with Crippen LogP contribution in [-0.4, -0.2) is 33.0 Å². The average Bonchev–Trinajstić information content (AvgIpc) is 2.32. The first-order valence-electron chi connectivity index (χ1n) is 6.24. The van der Waals surface area contributed by atoms with Crippen LogP contribution in [0.4, 0.5) is 5.82 Å². The standard InChI is InChI=1S/C12H20N6/c1-8-3-5-17(9(2)7-8)12(15)18-6-4-16-10(13)11(18)14/h4,6,8-9,14-15H,3,5,7H2,1-2H3,(H2,13,16). The summed E-state index contributed by atoms with van der Waals surface area (Å²) in [6.45, 7) is 5.22. The number of nitrogens with one attached hydrogen (secondary N) is 2. The number of hydrogen-bond acceptors (Lipinski definition) is 4. The molecule has 4 N–H and O–H groups in total. The number of rotatable bonds is 0. The lowest BCUT2D eigenvalue weighted by Gasteiger charge is -2.38. The maximum atomic E-state index is 8.24. The normalized spacial score (nSPS) is 24.0. The molecule has 0 spiro atoms. The molecule has 0 radical (unpaired) electrons. The molecule has 1 aliphatic rings. The van der Waals surface area contributed by atoms with Crippen molar-refractivity contribution >= 4 is 11.8 Å². The molecule has 0 aliphatic carbocycles. The fraction of sp³-hybridized carbons (Fsp3) is 0.583. The third-order valence-electron chi connectivity index (χ3n) is 3.55. The molecule has 1 saturated heterocycles. The Bertz CT molecular complexity index is 506. The van der Waals surface area contributed by atoms with Crippen molar-refractivity contribution in [3.63, 3.8) is 0 Å². The highest BCUT2D eigenvalue weighted by Gasteiger charge is 2.25. The summed E-state index contributed by atoms with van der Waals surface area (Å²) in [5, 5.41) is 16.1. The van der Waals surface area contributed by atoms with Crippen molar-refractivity contribution in [2.24, 2.45) is 5.92 Å². The second-order valence-electron chi connectivity index (χ2n) is 5.03. The van der Waals surface area contributed by atoms with Gasteiger partial charge in [0.25, 0.3) is 0 Å². The Morgan fingerprint density at radius 3 is 2.89 bits per heavy atom. The van der Waals surface area contributed by atoms with E-state index < -0.39 is 0 Å². The summed E-state index contributed by atoms with van der Waals surface area (Å²) in [5.74, 6) is 1.17. The summed E-state index contributed by atoms with van der Waals surface area (Å²) < 4.78 is 1.48. The molecule has 98 valence electrons. The van der Waals surface area contributed by atoms with Crippen molar-refractivity contribution in [1.29, 1.82) is 10.8 Å². The van der Waals surface area contributed by atoms with E-state index in [1.54, 1.807) is 6.20 Å². The van der Waals surface area contributed by atoms with E-state index in [1.807, 2.05) is 4.90 Å². The number of likely N-dealkylation sites (tertiary alicyclic amines) is 1. The topological polar surface area (TPSA) is 94.8 Å². The Labute approximate surface area is 106 Å². The van der Waals surface area contributed by atoms with Crippen LogP contribution in [0.1, 0.15) is 26.7 Å². The van der Waals surface area contributed by atoms with Gasteiger partial charge in [0.15, 0.2) is 11.3 Å². The molecule has 1 aliphatic heterocycles. The van der Waals surface area contributed by atoms with E-state index in [-0.39, 0.29) is 11.3 Å². The molecule has 2 rings (SSSR count).